The van der Waals surface area contributed by atoms with Gasteiger partial charge in [-0.15, -0.1) is 0 Å². The van der Waals surface area contributed by atoms with E-state index < -0.39 is 5.79 Å². The molecule has 2 heteroatoms. The van der Waals surface area contributed by atoms with Gasteiger partial charge in [-0.05, 0) is 35.8 Å². The molecule has 2 aliphatic carbocycles. The molecule has 2 nitrogen and oxygen atoms in total. The van der Waals surface area contributed by atoms with Crippen LogP contribution in [0.4, 0.5) is 0 Å². The summed E-state index contributed by atoms with van der Waals surface area (Å²) in [5.74, 6) is -0.465. The fourth-order valence-corrected chi connectivity index (χ4v) is 4.18. The average Bonchev–Trinajstić information content (AvgIpc) is 2.72. The Morgan fingerprint density at radius 3 is 2.45 bits per heavy atom. The molecular formula is C18H24O2. The Balaban J connectivity index is 1.77. The van der Waals surface area contributed by atoms with Crippen LogP contribution in [-0.2, 0) is 4.74 Å². The molecule has 0 radical (unpaired) electrons. The first-order valence-electron chi connectivity index (χ1n) is 7.51. The Morgan fingerprint density at radius 1 is 1.20 bits per heavy atom. The Kier molecular flexibility index (Phi) is 2.98. The molecule has 0 aliphatic heterocycles. The SMILES string of the molecule is CC1(C)C2CCC1(C)C(O)(OC=Cc1ccccc1)C2. The van der Waals surface area contributed by atoms with E-state index in [4.69, 9.17) is 4.74 Å². The van der Waals surface area contributed by atoms with Gasteiger partial charge in [0.15, 0.2) is 0 Å². The van der Waals surface area contributed by atoms with Crippen LogP contribution in [0.2, 0.25) is 0 Å². The molecule has 2 aliphatic rings. The van der Waals surface area contributed by atoms with Gasteiger partial charge in [0.05, 0.1) is 6.26 Å². The molecule has 20 heavy (non-hydrogen) atoms. The van der Waals surface area contributed by atoms with Gasteiger partial charge in [0.25, 0.3) is 0 Å². The van der Waals surface area contributed by atoms with Crippen LogP contribution < -0.4 is 0 Å². The van der Waals surface area contributed by atoms with Crippen molar-refractivity contribution in [2.24, 2.45) is 16.7 Å². The second kappa shape index (κ2) is 4.36. The summed E-state index contributed by atoms with van der Waals surface area (Å²) in [6, 6.07) is 10.0. The lowest BCUT2D eigenvalue weighted by atomic mass is 9.68. The molecule has 2 bridgehead atoms. The predicted molar refractivity (Wildman–Crippen MR) is 80.7 cm³/mol. The van der Waals surface area contributed by atoms with Gasteiger partial charge in [0.2, 0.25) is 5.79 Å². The van der Waals surface area contributed by atoms with E-state index >= 15 is 0 Å². The fraction of sp³-hybridized carbons (Fsp3) is 0.556. The summed E-state index contributed by atoms with van der Waals surface area (Å²) < 4.78 is 5.84. The number of ether oxygens (including phenoxy) is 1. The van der Waals surface area contributed by atoms with Crippen molar-refractivity contribution in [3.63, 3.8) is 0 Å². The van der Waals surface area contributed by atoms with Crippen LogP contribution in [-0.4, -0.2) is 10.9 Å². The summed E-state index contributed by atoms with van der Waals surface area (Å²) >= 11 is 0. The smallest absolute Gasteiger partial charge is 0.213 e. The highest BCUT2D eigenvalue weighted by atomic mass is 16.6. The fourth-order valence-electron chi connectivity index (χ4n) is 4.18. The summed E-state index contributed by atoms with van der Waals surface area (Å²) in [6.45, 7) is 6.72. The van der Waals surface area contributed by atoms with Crippen LogP contribution in [0.15, 0.2) is 36.6 Å². The van der Waals surface area contributed by atoms with Crippen molar-refractivity contribution in [2.75, 3.05) is 0 Å². The standard InChI is InChI=1S/C18H24O2/c1-16(2)15-9-11-17(16,3)18(19,13-15)20-12-10-14-7-5-4-6-8-14/h4-8,10,12,15,19H,9,11,13H2,1-3H3. The number of benzene rings is 1. The first-order valence-corrected chi connectivity index (χ1v) is 7.51. The number of hydrogen-bond acceptors (Lipinski definition) is 2. The number of rotatable bonds is 3. The Hall–Kier alpha value is -1.28. The molecule has 3 atom stereocenters. The summed E-state index contributed by atoms with van der Waals surface area (Å²) in [7, 11) is 0. The first kappa shape index (κ1) is 13.7. The van der Waals surface area contributed by atoms with Gasteiger partial charge in [-0.3, -0.25) is 0 Å². The Morgan fingerprint density at radius 2 is 1.90 bits per heavy atom. The minimum Gasteiger partial charge on any atom is -0.470 e. The van der Waals surface area contributed by atoms with E-state index in [9.17, 15) is 5.11 Å². The number of hydrogen-bond donors (Lipinski definition) is 1. The third-order valence-corrected chi connectivity index (χ3v) is 6.14. The third-order valence-electron chi connectivity index (χ3n) is 6.14. The third kappa shape index (κ3) is 1.74. The summed E-state index contributed by atoms with van der Waals surface area (Å²) in [6.07, 6.45) is 6.57. The van der Waals surface area contributed by atoms with Crippen LogP contribution in [0.1, 0.15) is 45.6 Å². The average molecular weight is 272 g/mol. The normalized spacial score (nSPS) is 38.5. The molecule has 0 heterocycles. The molecule has 0 saturated heterocycles. The van der Waals surface area contributed by atoms with Gasteiger partial charge in [-0.2, -0.15) is 0 Å². The monoisotopic (exact) mass is 272 g/mol. The molecule has 0 spiro atoms. The maximum absolute atomic E-state index is 11.0. The van der Waals surface area contributed by atoms with Crippen LogP contribution in [0, 0.1) is 16.7 Å². The molecule has 2 fully saturated rings. The highest BCUT2D eigenvalue weighted by molar-refractivity contribution is 5.47. The van der Waals surface area contributed by atoms with E-state index in [2.05, 4.69) is 20.8 Å². The molecule has 108 valence electrons. The van der Waals surface area contributed by atoms with E-state index in [0.717, 1.165) is 18.4 Å². The predicted octanol–water partition coefficient (Wildman–Crippen LogP) is 4.21. The van der Waals surface area contributed by atoms with Gasteiger partial charge in [0, 0.05) is 11.8 Å². The van der Waals surface area contributed by atoms with Crippen molar-refractivity contribution < 1.29 is 9.84 Å². The second-order valence-corrected chi connectivity index (χ2v) is 7.11. The maximum Gasteiger partial charge on any atom is 0.213 e. The largest absolute Gasteiger partial charge is 0.470 e. The van der Waals surface area contributed by atoms with Crippen molar-refractivity contribution in [1.82, 2.24) is 0 Å². The molecule has 3 rings (SSSR count). The topological polar surface area (TPSA) is 29.5 Å². The van der Waals surface area contributed by atoms with Crippen LogP contribution in [0.5, 0.6) is 0 Å². The van der Waals surface area contributed by atoms with Crippen molar-refractivity contribution in [3.05, 3.63) is 42.2 Å². The lowest BCUT2D eigenvalue weighted by molar-refractivity contribution is -0.244. The zero-order valence-corrected chi connectivity index (χ0v) is 12.6. The zero-order chi connectivity index (χ0) is 14.4. The van der Waals surface area contributed by atoms with Gasteiger partial charge in [-0.1, -0.05) is 51.1 Å². The van der Waals surface area contributed by atoms with Crippen molar-refractivity contribution in [2.45, 2.75) is 45.8 Å². The number of aliphatic hydroxyl groups is 1. The van der Waals surface area contributed by atoms with Crippen molar-refractivity contribution in [3.8, 4) is 0 Å². The summed E-state index contributed by atoms with van der Waals surface area (Å²) in [4.78, 5) is 0. The van der Waals surface area contributed by atoms with E-state index in [0.29, 0.717) is 5.92 Å². The van der Waals surface area contributed by atoms with Gasteiger partial charge in [0.1, 0.15) is 0 Å². The summed E-state index contributed by atoms with van der Waals surface area (Å²) in [5, 5.41) is 11.0. The van der Waals surface area contributed by atoms with E-state index in [-0.39, 0.29) is 10.8 Å². The van der Waals surface area contributed by atoms with E-state index in [1.165, 1.54) is 6.42 Å². The Labute approximate surface area is 121 Å². The minimum atomic E-state index is -1.02. The molecule has 2 saturated carbocycles. The lowest BCUT2D eigenvalue weighted by Gasteiger charge is -2.43. The quantitative estimate of drug-likeness (QED) is 0.660. The van der Waals surface area contributed by atoms with Crippen LogP contribution in [0.3, 0.4) is 0 Å². The Bertz CT molecular complexity index is 519. The molecule has 1 aromatic rings. The van der Waals surface area contributed by atoms with Crippen LogP contribution in [0.25, 0.3) is 6.08 Å². The van der Waals surface area contributed by atoms with Crippen molar-refractivity contribution in [1.29, 1.82) is 0 Å². The zero-order valence-electron chi connectivity index (χ0n) is 12.6. The van der Waals surface area contributed by atoms with E-state index in [1.54, 1.807) is 6.26 Å². The molecule has 1 N–H and O–H groups in total. The summed E-state index contributed by atoms with van der Waals surface area (Å²) in [5.41, 5.74) is 1.07. The minimum absolute atomic E-state index is 0.141. The second-order valence-electron chi connectivity index (χ2n) is 7.11. The first-order chi connectivity index (χ1) is 9.39. The molecule has 0 amide bonds. The van der Waals surface area contributed by atoms with E-state index in [1.807, 2.05) is 36.4 Å². The molecule has 1 aromatic carbocycles. The highest BCUT2D eigenvalue weighted by Gasteiger charge is 2.70. The van der Waals surface area contributed by atoms with Gasteiger partial charge >= 0.3 is 0 Å². The molecule has 3 unspecified atom stereocenters. The van der Waals surface area contributed by atoms with Gasteiger partial charge < -0.3 is 9.84 Å². The molecular weight excluding hydrogens is 248 g/mol. The van der Waals surface area contributed by atoms with Crippen LogP contribution >= 0.6 is 0 Å². The molecule has 0 aromatic heterocycles. The van der Waals surface area contributed by atoms with Gasteiger partial charge in [-0.25, -0.2) is 0 Å². The number of fused-ring (bicyclic) bond motifs is 2. The lowest BCUT2D eigenvalue weighted by Crippen LogP contribution is -2.48. The van der Waals surface area contributed by atoms with Crippen molar-refractivity contribution >= 4 is 6.08 Å². The maximum atomic E-state index is 11.0. The highest BCUT2D eigenvalue weighted by Crippen LogP contribution is 2.69.